The zero-order chi connectivity index (χ0) is 46.2. The number of benzene rings is 4. The van der Waals surface area contributed by atoms with E-state index in [-0.39, 0.29) is 49.8 Å². The number of pyridine rings is 2. The van der Waals surface area contributed by atoms with Gasteiger partial charge in [0.1, 0.15) is 0 Å². The summed E-state index contributed by atoms with van der Waals surface area (Å²) in [6.45, 7) is 16.6. The number of fused-ring (bicyclic) bond motifs is 2. The van der Waals surface area contributed by atoms with Gasteiger partial charge < -0.3 is 15.1 Å². The molecule has 7 heteroatoms. The maximum Gasteiger partial charge on any atom is 0.246 e. The molecular formula is C54H62F2IrN2O2-2. The van der Waals surface area contributed by atoms with Gasteiger partial charge in [-0.25, -0.2) is 8.78 Å². The molecule has 1 radical (unpaired) electrons. The van der Waals surface area contributed by atoms with E-state index in [0.29, 0.717) is 31.4 Å². The van der Waals surface area contributed by atoms with Crippen molar-refractivity contribution in [3.05, 3.63) is 142 Å². The minimum absolute atomic E-state index is 0. The summed E-state index contributed by atoms with van der Waals surface area (Å²) in [4.78, 5) is 20.6. The number of ketones is 1. The van der Waals surface area contributed by atoms with Crippen molar-refractivity contribution in [3.8, 4) is 22.5 Å². The van der Waals surface area contributed by atoms with E-state index in [9.17, 15) is 18.7 Å². The normalized spacial score (nSPS) is 14.3. The molecule has 2 aromatic heterocycles. The van der Waals surface area contributed by atoms with Crippen LogP contribution in [0, 0.1) is 58.6 Å². The fraction of sp³-hybridized carbons (Fsp3) is 0.389. The molecule has 1 saturated carbocycles. The summed E-state index contributed by atoms with van der Waals surface area (Å²) in [6, 6.07) is 29.7. The molecule has 0 amide bonds. The van der Waals surface area contributed by atoms with Gasteiger partial charge in [0.05, 0.1) is 9.87 Å². The molecule has 1 N–H and O–H groups in total. The quantitative estimate of drug-likeness (QED) is 0.0798. The molecule has 4 aromatic carbocycles. The number of hydrogen-bond acceptors (Lipinski definition) is 4. The predicted molar refractivity (Wildman–Crippen MR) is 246 cm³/mol. The molecule has 0 saturated heterocycles. The Hall–Kier alpha value is -4.58. The van der Waals surface area contributed by atoms with Gasteiger partial charge in [-0.3, -0.25) is 4.79 Å². The SMILES string of the molecule is CCC(CC)C(=O)/C=C(\O)C(CC)CC(C)(F)F.[2H]c1cc2cc(C)ccc2c(-c2[c-]c(C)cc(C)c2)n1.[2H]c1nc(-c2[c-]c(C)cc(C)c2)c2ccc(C3CCCC3)cc2c1[2H].[Ir]. The van der Waals surface area contributed by atoms with Crippen LogP contribution in [-0.2, 0) is 24.9 Å². The Morgan fingerprint density at radius 3 is 1.85 bits per heavy atom. The number of allylic oxidation sites excluding steroid dienone is 2. The van der Waals surface area contributed by atoms with E-state index >= 15 is 0 Å². The summed E-state index contributed by atoms with van der Waals surface area (Å²) < 4.78 is 50.3. The van der Waals surface area contributed by atoms with Crippen molar-refractivity contribution in [2.45, 2.75) is 126 Å². The number of aliphatic hydroxyl groups excluding tert-OH is 1. The fourth-order valence-electron chi connectivity index (χ4n) is 8.25. The summed E-state index contributed by atoms with van der Waals surface area (Å²) >= 11 is 0. The third kappa shape index (κ3) is 13.7. The molecule has 325 valence electrons. The van der Waals surface area contributed by atoms with Gasteiger partial charge >= 0.3 is 0 Å². The third-order valence-electron chi connectivity index (χ3n) is 11.3. The number of alkyl halides is 2. The molecule has 4 nitrogen and oxygen atoms in total. The molecule has 61 heavy (non-hydrogen) atoms. The minimum Gasteiger partial charge on any atom is -0.512 e. The van der Waals surface area contributed by atoms with E-state index in [1.54, 1.807) is 6.92 Å². The van der Waals surface area contributed by atoms with Crippen LogP contribution in [0.3, 0.4) is 0 Å². The van der Waals surface area contributed by atoms with Crippen LogP contribution in [0.1, 0.15) is 122 Å². The minimum atomic E-state index is -2.83. The maximum absolute atomic E-state index is 12.9. The third-order valence-corrected chi connectivity index (χ3v) is 11.3. The Morgan fingerprint density at radius 2 is 1.31 bits per heavy atom. The summed E-state index contributed by atoms with van der Waals surface area (Å²) in [7, 11) is 0. The standard InChI is InChI=1S/C22H22N.C18H16N.C14H24F2O2.Ir/c1-15-11-16(2)13-20(12-15)22-21-8-7-18(17-5-3-4-6-17)14-19(21)9-10-23-22;1-12-4-5-17-15(9-12)6-7-19-18(17)16-10-13(2)8-14(3)11-16;1-5-10(6-2)12(17)8-13(18)11(7-3)9-14(4,15)16;/h7-12,14,17H,3-6H2,1-2H3;4-10H,1-3H3;8,10-11,18H,5-7,9H2,1-4H3;/q2*-1;;/b;;13-8-;/i9D,10D;7D;;. The number of carbonyl (C=O) groups excluding carboxylic acids is 1. The van der Waals surface area contributed by atoms with Gasteiger partial charge in [0.15, 0.2) is 5.78 Å². The number of aromatic nitrogens is 2. The molecule has 1 aliphatic carbocycles. The first-order chi connectivity index (χ1) is 29.8. The number of carbonyl (C=O) groups is 1. The van der Waals surface area contributed by atoms with Crippen molar-refractivity contribution in [3.63, 3.8) is 0 Å². The van der Waals surface area contributed by atoms with Crippen molar-refractivity contribution in [1.29, 1.82) is 0 Å². The molecule has 1 atom stereocenters. The number of aliphatic hydroxyl groups is 1. The van der Waals surface area contributed by atoms with Crippen molar-refractivity contribution in [2.24, 2.45) is 11.8 Å². The van der Waals surface area contributed by atoms with Crippen LogP contribution in [0.25, 0.3) is 44.1 Å². The van der Waals surface area contributed by atoms with E-state index in [1.165, 1.54) is 42.4 Å². The van der Waals surface area contributed by atoms with Gasteiger partial charge in [-0.2, -0.15) is 0 Å². The second-order valence-corrected chi connectivity index (χ2v) is 16.7. The molecule has 1 fully saturated rings. The first kappa shape index (κ1) is 44.5. The molecule has 7 rings (SSSR count). The molecule has 0 spiro atoms. The maximum atomic E-state index is 12.9. The zero-order valence-electron chi connectivity index (χ0n) is 40.2. The number of hydrogen-bond donors (Lipinski definition) is 1. The zero-order valence-corrected chi connectivity index (χ0v) is 39.6. The van der Waals surface area contributed by atoms with Gasteiger partial charge in [0.2, 0.25) is 5.92 Å². The van der Waals surface area contributed by atoms with Crippen LogP contribution >= 0.6 is 0 Å². The summed E-state index contributed by atoms with van der Waals surface area (Å²) in [6.07, 6.45) is 7.87. The molecule has 2 heterocycles. The van der Waals surface area contributed by atoms with E-state index in [1.807, 2.05) is 33.8 Å². The Balaban J connectivity index is 0.000000213. The Labute approximate surface area is 380 Å². The number of rotatable bonds is 11. The van der Waals surface area contributed by atoms with Crippen molar-refractivity contribution in [1.82, 2.24) is 9.97 Å². The van der Waals surface area contributed by atoms with Crippen molar-refractivity contribution >= 4 is 27.3 Å². The average molecular weight is 1000 g/mol. The number of aryl methyl sites for hydroxylation is 5. The second-order valence-electron chi connectivity index (χ2n) is 16.7. The van der Waals surface area contributed by atoms with E-state index < -0.39 is 18.3 Å². The Bertz CT molecular complexity index is 2550. The van der Waals surface area contributed by atoms with Gasteiger partial charge in [-0.15, -0.1) is 69.8 Å². The van der Waals surface area contributed by atoms with E-state index in [2.05, 4.69) is 104 Å². The molecular weight excluding hydrogens is 939 g/mol. The number of nitrogens with zero attached hydrogens (tertiary/aromatic N) is 2. The number of halogens is 2. The van der Waals surface area contributed by atoms with Gasteiger partial charge in [0, 0.05) is 56.8 Å². The van der Waals surface area contributed by atoms with Crippen molar-refractivity contribution in [2.75, 3.05) is 0 Å². The van der Waals surface area contributed by atoms with Crippen LogP contribution in [0.2, 0.25) is 0 Å². The van der Waals surface area contributed by atoms with Crippen LogP contribution in [-0.4, -0.2) is 26.8 Å². The smallest absolute Gasteiger partial charge is 0.246 e. The van der Waals surface area contributed by atoms with Crippen LogP contribution in [0.5, 0.6) is 0 Å². The molecule has 6 aromatic rings. The molecule has 0 aliphatic heterocycles. The van der Waals surface area contributed by atoms with Crippen LogP contribution in [0.4, 0.5) is 8.78 Å². The Kier molecular flexibility index (Phi) is 16.4. The second kappa shape index (κ2) is 22.5. The molecule has 0 bridgehead atoms. The van der Waals surface area contributed by atoms with E-state index in [4.69, 9.17) is 4.11 Å². The Morgan fingerprint density at radius 1 is 0.770 bits per heavy atom. The van der Waals surface area contributed by atoms with Crippen LogP contribution < -0.4 is 0 Å². The largest absolute Gasteiger partial charge is 0.512 e. The van der Waals surface area contributed by atoms with Gasteiger partial charge in [-0.1, -0.05) is 103 Å². The summed E-state index contributed by atoms with van der Waals surface area (Å²) in [5, 5.41) is 13.7. The first-order valence-electron chi connectivity index (χ1n) is 22.9. The van der Waals surface area contributed by atoms with Crippen LogP contribution in [0.15, 0.2) is 97.0 Å². The summed E-state index contributed by atoms with van der Waals surface area (Å²) in [5.41, 5.74) is 10.5. The van der Waals surface area contributed by atoms with Crippen molar-refractivity contribution < 1.29 is 42.9 Å². The monoisotopic (exact) mass is 1000 g/mol. The molecule has 1 aliphatic rings. The van der Waals surface area contributed by atoms with E-state index in [0.717, 1.165) is 73.7 Å². The first-order valence-corrected chi connectivity index (χ1v) is 21.4. The van der Waals surface area contributed by atoms with Gasteiger partial charge in [0.25, 0.3) is 0 Å². The van der Waals surface area contributed by atoms with Gasteiger partial charge in [-0.05, 0) is 102 Å². The fourth-order valence-corrected chi connectivity index (χ4v) is 8.25. The molecule has 1 unspecified atom stereocenters. The summed E-state index contributed by atoms with van der Waals surface area (Å²) in [5.74, 6) is -3.40. The predicted octanol–water partition coefficient (Wildman–Crippen LogP) is 15.1. The average Bonchev–Trinajstić information content (AvgIpc) is 3.76. The topological polar surface area (TPSA) is 63.1 Å².